The van der Waals surface area contributed by atoms with Crippen LogP contribution in [0.3, 0.4) is 0 Å². The second-order valence-electron chi connectivity index (χ2n) is 4.65. The summed E-state index contributed by atoms with van der Waals surface area (Å²) in [6, 6.07) is 3.98. The zero-order valence-corrected chi connectivity index (χ0v) is 12.1. The molecular formula is C13H14BrF3O3. The fourth-order valence-electron chi connectivity index (χ4n) is 2.15. The molecule has 3 nitrogen and oxygen atoms in total. The smallest absolute Gasteiger partial charge is 0.488 e. The van der Waals surface area contributed by atoms with Crippen molar-refractivity contribution < 1.29 is 27.8 Å². The van der Waals surface area contributed by atoms with Crippen LogP contribution in [0.2, 0.25) is 0 Å². The Morgan fingerprint density at radius 2 is 1.90 bits per heavy atom. The van der Waals surface area contributed by atoms with E-state index in [1.54, 1.807) is 0 Å². The summed E-state index contributed by atoms with van der Waals surface area (Å²) in [6.45, 7) is 0. The topological polar surface area (TPSA) is 38.7 Å². The molecule has 1 fully saturated rings. The van der Waals surface area contributed by atoms with Gasteiger partial charge in [0.1, 0.15) is 17.6 Å². The highest BCUT2D eigenvalue weighted by atomic mass is 79.9. The van der Waals surface area contributed by atoms with Crippen LogP contribution in [0.5, 0.6) is 11.5 Å². The second-order valence-corrected chi connectivity index (χ2v) is 5.50. The van der Waals surface area contributed by atoms with Gasteiger partial charge in [0.15, 0.2) is 0 Å². The van der Waals surface area contributed by atoms with Gasteiger partial charge in [-0.1, -0.05) is 6.42 Å². The third kappa shape index (κ3) is 4.28. The van der Waals surface area contributed by atoms with E-state index in [9.17, 15) is 18.3 Å². The van der Waals surface area contributed by atoms with E-state index >= 15 is 0 Å². The molecule has 0 heterocycles. The summed E-state index contributed by atoms with van der Waals surface area (Å²) in [4.78, 5) is 0. The van der Waals surface area contributed by atoms with Crippen molar-refractivity contribution in [1.82, 2.24) is 0 Å². The minimum atomic E-state index is -4.73. The SMILES string of the molecule is O[C@H]1CCCC[C@@H]1Oc1ccc(OC(F)(F)F)c(Br)c1. The van der Waals surface area contributed by atoms with E-state index < -0.39 is 12.5 Å². The number of hydrogen-bond acceptors (Lipinski definition) is 3. The van der Waals surface area contributed by atoms with Crippen LogP contribution in [-0.4, -0.2) is 23.7 Å². The highest BCUT2D eigenvalue weighted by Gasteiger charge is 2.32. The third-order valence-electron chi connectivity index (χ3n) is 3.08. The first-order chi connectivity index (χ1) is 9.35. The summed E-state index contributed by atoms with van der Waals surface area (Å²) < 4.78 is 46.0. The van der Waals surface area contributed by atoms with E-state index in [2.05, 4.69) is 20.7 Å². The molecule has 2 rings (SSSR count). The van der Waals surface area contributed by atoms with Crippen molar-refractivity contribution >= 4 is 15.9 Å². The maximum atomic E-state index is 12.1. The molecule has 20 heavy (non-hydrogen) atoms. The summed E-state index contributed by atoms with van der Waals surface area (Å²) in [5.74, 6) is 0.0754. The Morgan fingerprint density at radius 3 is 2.50 bits per heavy atom. The number of benzene rings is 1. The summed E-state index contributed by atoms with van der Waals surface area (Å²) >= 11 is 3.01. The molecule has 7 heteroatoms. The standard InChI is InChI=1S/C13H14BrF3O3/c14-9-7-8(5-6-11(9)20-13(15,16)17)19-12-4-2-1-3-10(12)18/h5-7,10,12,18H,1-4H2/t10-,12-/m0/s1. The van der Waals surface area contributed by atoms with Crippen LogP contribution in [0.1, 0.15) is 25.7 Å². The van der Waals surface area contributed by atoms with Crippen LogP contribution in [0.4, 0.5) is 13.2 Å². The highest BCUT2D eigenvalue weighted by Crippen LogP contribution is 2.34. The van der Waals surface area contributed by atoms with Gasteiger partial charge in [0, 0.05) is 0 Å². The molecule has 0 aliphatic heterocycles. The van der Waals surface area contributed by atoms with Gasteiger partial charge in [0.2, 0.25) is 0 Å². The third-order valence-corrected chi connectivity index (χ3v) is 3.70. The fraction of sp³-hybridized carbons (Fsp3) is 0.538. The first-order valence-corrected chi connectivity index (χ1v) is 7.04. The molecule has 1 aromatic carbocycles. The molecule has 0 saturated heterocycles. The Bertz CT molecular complexity index is 465. The van der Waals surface area contributed by atoms with E-state index in [-0.39, 0.29) is 16.3 Å². The Balaban J connectivity index is 2.05. The number of ether oxygens (including phenoxy) is 2. The van der Waals surface area contributed by atoms with Crippen molar-refractivity contribution in [3.8, 4) is 11.5 Å². The molecule has 112 valence electrons. The zero-order valence-electron chi connectivity index (χ0n) is 10.5. The lowest BCUT2D eigenvalue weighted by molar-refractivity contribution is -0.274. The average molecular weight is 355 g/mol. The number of rotatable bonds is 3. The number of hydrogen-bond donors (Lipinski definition) is 1. The summed E-state index contributed by atoms with van der Waals surface area (Å²) in [7, 11) is 0. The van der Waals surface area contributed by atoms with Gasteiger partial charge in [-0.25, -0.2) is 0 Å². The van der Waals surface area contributed by atoms with Crippen LogP contribution in [-0.2, 0) is 0 Å². The van der Waals surface area contributed by atoms with Crippen molar-refractivity contribution in [2.45, 2.75) is 44.3 Å². The van der Waals surface area contributed by atoms with Crippen molar-refractivity contribution in [3.05, 3.63) is 22.7 Å². The molecule has 1 saturated carbocycles. The van der Waals surface area contributed by atoms with Gasteiger partial charge < -0.3 is 14.6 Å². The maximum Gasteiger partial charge on any atom is 0.573 e. The minimum absolute atomic E-state index is 0.151. The molecule has 1 aliphatic carbocycles. The predicted octanol–water partition coefficient (Wildman–Crippen LogP) is 4.03. The van der Waals surface area contributed by atoms with Gasteiger partial charge in [-0.3, -0.25) is 0 Å². The van der Waals surface area contributed by atoms with Crippen LogP contribution in [0.15, 0.2) is 22.7 Å². The number of halogens is 4. The van der Waals surface area contributed by atoms with Crippen LogP contribution in [0.25, 0.3) is 0 Å². The quantitative estimate of drug-likeness (QED) is 0.890. The van der Waals surface area contributed by atoms with Crippen molar-refractivity contribution in [2.75, 3.05) is 0 Å². The predicted molar refractivity (Wildman–Crippen MR) is 69.7 cm³/mol. The normalized spacial score (nSPS) is 23.4. The fourth-order valence-corrected chi connectivity index (χ4v) is 2.59. The lowest BCUT2D eigenvalue weighted by atomic mass is 9.95. The minimum Gasteiger partial charge on any atom is -0.488 e. The van der Waals surface area contributed by atoms with Crippen LogP contribution in [0, 0.1) is 0 Å². The van der Waals surface area contributed by atoms with Crippen molar-refractivity contribution in [3.63, 3.8) is 0 Å². The van der Waals surface area contributed by atoms with Gasteiger partial charge in [0.25, 0.3) is 0 Å². The van der Waals surface area contributed by atoms with E-state index in [0.717, 1.165) is 19.3 Å². The molecule has 2 atom stereocenters. The first-order valence-electron chi connectivity index (χ1n) is 6.25. The molecule has 1 N–H and O–H groups in total. The van der Waals surface area contributed by atoms with Gasteiger partial charge >= 0.3 is 6.36 Å². The van der Waals surface area contributed by atoms with Gasteiger partial charge in [-0.2, -0.15) is 0 Å². The van der Waals surface area contributed by atoms with E-state index in [1.165, 1.54) is 18.2 Å². The lowest BCUT2D eigenvalue weighted by Crippen LogP contribution is -2.34. The Morgan fingerprint density at radius 1 is 1.20 bits per heavy atom. The summed E-state index contributed by atoms with van der Waals surface area (Å²) in [6.07, 6.45) is -2.23. The molecule has 0 unspecified atom stereocenters. The van der Waals surface area contributed by atoms with Gasteiger partial charge in [0.05, 0.1) is 10.6 Å². The second kappa shape index (κ2) is 6.22. The van der Waals surface area contributed by atoms with E-state index in [4.69, 9.17) is 4.74 Å². The molecular weight excluding hydrogens is 341 g/mol. The largest absolute Gasteiger partial charge is 0.573 e. The molecule has 0 aromatic heterocycles. The molecule has 0 amide bonds. The number of aliphatic hydroxyl groups excluding tert-OH is 1. The van der Waals surface area contributed by atoms with Gasteiger partial charge in [-0.05, 0) is 53.4 Å². The number of aliphatic hydroxyl groups is 1. The Hall–Kier alpha value is -0.950. The van der Waals surface area contributed by atoms with Crippen molar-refractivity contribution in [1.29, 1.82) is 0 Å². The summed E-state index contributed by atoms with van der Waals surface area (Å²) in [5.41, 5.74) is 0. The molecule has 0 spiro atoms. The Kier molecular flexibility index (Phi) is 4.80. The van der Waals surface area contributed by atoms with E-state index in [0.29, 0.717) is 12.2 Å². The maximum absolute atomic E-state index is 12.1. The first kappa shape index (κ1) is 15.4. The lowest BCUT2D eigenvalue weighted by Gasteiger charge is -2.28. The molecule has 1 aliphatic rings. The summed E-state index contributed by atoms with van der Waals surface area (Å²) in [5, 5.41) is 9.80. The highest BCUT2D eigenvalue weighted by molar-refractivity contribution is 9.10. The van der Waals surface area contributed by atoms with Crippen molar-refractivity contribution in [2.24, 2.45) is 0 Å². The van der Waals surface area contributed by atoms with Crippen LogP contribution < -0.4 is 9.47 Å². The molecule has 1 aromatic rings. The monoisotopic (exact) mass is 354 g/mol. The van der Waals surface area contributed by atoms with Crippen LogP contribution >= 0.6 is 15.9 Å². The molecule has 0 bridgehead atoms. The molecule has 0 radical (unpaired) electrons. The zero-order chi connectivity index (χ0) is 14.8. The van der Waals surface area contributed by atoms with E-state index in [1.807, 2.05) is 0 Å². The van der Waals surface area contributed by atoms with Gasteiger partial charge in [-0.15, -0.1) is 13.2 Å². The average Bonchev–Trinajstić information content (AvgIpc) is 2.34. The number of alkyl halides is 3. The Labute approximate surface area is 122 Å².